The largest absolute Gasteiger partial charge is 0.235 e. The second-order valence-electron chi connectivity index (χ2n) is 3.67. The molecule has 0 aliphatic carbocycles. The van der Waals surface area contributed by atoms with Crippen LogP contribution >= 0.6 is 27.5 Å². The molecule has 0 saturated carbocycles. The third-order valence-electron chi connectivity index (χ3n) is 2.51. The molecule has 5 heteroatoms. The van der Waals surface area contributed by atoms with Crippen molar-refractivity contribution in [3.05, 3.63) is 44.6 Å². The van der Waals surface area contributed by atoms with Crippen molar-refractivity contribution in [2.24, 2.45) is 0 Å². The molecule has 2 aromatic rings. The molecule has 2 rings (SSSR count). The Morgan fingerprint density at radius 2 is 2.12 bits per heavy atom. The van der Waals surface area contributed by atoms with Crippen molar-refractivity contribution in [1.29, 1.82) is 5.26 Å². The second kappa shape index (κ2) is 4.52. The summed E-state index contributed by atoms with van der Waals surface area (Å²) in [6.07, 6.45) is 0. The van der Waals surface area contributed by atoms with E-state index < -0.39 is 0 Å². The van der Waals surface area contributed by atoms with Crippen LogP contribution in [0.4, 0.5) is 0 Å². The highest BCUT2D eigenvalue weighted by molar-refractivity contribution is 9.10. The van der Waals surface area contributed by atoms with Gasteiger partial charge in [-0.05, 0) is 48.0 Å². The van der Waals surface area contributed by atoms with Gasteiger partial charge in [-0.15, -0.1) is 0 Å². The lowest BCUT2D eigenvalue weighted by Gasteiger charge is -2.06. The minimum absolute atomic E-state index is 0.516. The molecule has 0 unspecified atom stereocenters. The maximum absolute atomic E-state index is 8.79. The van der Waals surface area contributed by atoms with Gasteiger partial charge in [-0.25, -0.2) is 4.68 Å². The Kier molecular flexibility index (Phi) is 3.23. The molecule has 1 aromatic heterocycles. The summed E-state index contributed by atoms with van der Waals surface area (Å²) in [5.74, 6) is 0. The van der Waals surface area contributed by atoms with Crippen LogP contribution in [0.25, 0.3) is 5.69 Å². The number of aromatic nitrogens is 2. The quantitative estimate of drug-likeness (QED) is 0.804. The van der Waals surface area contributed by atoms with Crippen LogP contribution in [0.3, 0.4) is 0 Å². The van der Waals surface area contributed by atoms with Crippen LogP contribution in [0, 0.1) is 25.2 Å². The molecule has 0 aliphatic heterocycles. The summed E-state index contributed by atoms with van der Waals surface area (Å²) in [5.41, 5.74) is 3.20. The monoisotopic (exact) mass is 309 g/mol. The summed E-state index contributed by atoms with van der Waals surface area (Å²) in [6.45, 7) is 3.88. The van der Waals surface area contributed by atoms with Gasteiger partial charge in [0, 0.05) is 0 Å². The predicted molar refractivity (Wildman–Crippen MR) is 70.5 cm³/mol. The summed E-state index contributed by atoms with van der Waals surface area (Å²) in [5, 5.41) is 13.7. The first-order valence-electron chi connectivity index (χ1n) is 4.96. The Bertz CT molecular complexity index is 625. The molecule has 0 fully saturated rings. The number of aryl methyl sites for hydroxylation is 1. The normalized spacial score (nSPS) is 10.3. The summed E-state index contributed by atoms with van der Waals surface area (Å²) >= 11 is 9.62. The van der Waals surface area contributed by atoms with Gasteiger partial charge in [-0.2, -0.15) is 10.4 Å². The van der Waals surface area contributed by atoms with Crippen molar-refractivity contribution < 1.29 is 0 Å². The van der Waals surface area contributed by atoms with Crippen LogP contribution in [0.2, 0.25) is 5.02 Å². The number of nitrogens with zero attached hydrogens (tertiary/aromatic N) is 3. The fourth-order valence-electron chi connectivity index (χ4n) is 1.61. The molecule has 0 saturated heterocycles. The number of rotatable bonds is 1. The average Bonchev–Trinajstić information content (AvgIpc) is 2.57. The van der Waals surface area contributed by atoms with Gasteiger partial charge in [-0.3, -0.25) is 0 Å². The minimum Gasteiger partial charge on any atom is -0.235 e. The van der Waals surface area contributed by atoms with Crippen LogP contribution in [-0.2, 0) is 0 Å². The maximum Gasteiger partial charge on any atom is 0.0992 e. The smallest absolute Gasteiger partial charge is 0.0992 e. The van der Waals surface area contributed by atoms with E-state index in [1.165, 1.54) is 0 Å². The van der Waals surface area contributed by atoms with E-state index in [1.807, 2.05) is 13.8 Å². The fourth-order valence-corrected chi connectivity index (χ4v) is 2.11. The van der Waals surface area contributed by atoms with Crippen LogP contribution in [0.5, 0.6) is 0 Å². The van der Waals surface area contributed by atoms with Gasteiger partial charge in [-0.1, -0.05) is 11.6 Å². The molecule has 0 amide bonds. The molecule has 1 aromatic carbocycles. The number of hydrogen-bond acceptors (Lipinski definition) is 2. The highest BCUT2D eigenvalue weighted by Crippen LogP contribution is 2.27. The Balaban J connectivity index is 2.62. The lowest BCUT2D eigenvalue weighted by molar-refractivity contribution is 0.833. The van der Waals surface area contributed by atoms with E-state index >= 15 is 0 Å². The Hall–Kier alpha value is -1.31. The SMILES string of the molecule is Cc1nn(-c2ccc(C#N)cc2Cl)c(C)c1Br. The second-order valence-corrected chi connectivity index (χ2v) is 4.87. The van der Waals surface area contributed by atoms with Crippen LogP contribution in [0.1, 0.15) is 17.0 Å². The molecule has 17 heavy (non-hydrogen) atoms. The first-order chi connectivity index (χ1) is 8.04. The highest BCUT2D eigenvalue weighted by Gasteiger charge is 2.12. The third-order valence-corrected chi connectivity index (χ3v) is 3.96. The molecular formula is C12H9BrClN3. The third kappa shape index (κ3) is 2.08. The highest BCUT2D eigenvalue weighted by atomic mass is 79.9. The lowest BCUT2D eigenvalue weighted by atomic mass is 10.2. The molecule has 0 radical (unpaired) electrons. The van der Waals surface area contributed by atoms with Crippen molar-refractivity contribution in [1.82, 2.24) is 9.78 Å². The van der Waals surface area contributed by atoms with E-state index in [1.54, 1.807) is 22.9 Å². The zero-order valence-corrected chi connectivity index (χ0v) is 11.7. The standard InChI is InChI=1S/C12H9BrClN3/c1-7-12(13)8(2)17(16-7)11-4-3-9(6-15)5-10(11)14/h3-5H,1-2H3. The first kappa shape index (κ1) is 12.2. The first-order valence-corrected chi connectivity index (χ1v) is 6.13. The lowest BCUT2D eigenvalue weighted by Crippen LogP contribution is -2.00. The van der Waals surface area contributed by atoms with Gasteiger partial charge < -0.3 is 0 Å². The summed E-state index contributed by atoms with van der Waals surface area (Å²) < 4.78 is 2.74. The number of halogens is 2. The van der Waals surface area contributed by atoms with Crippen LogP contribution < -0.4 is 0 Å². The summed E-state index contributed by atoms with van der Waals surface area (Å²) in [6, 6.07) is 7.22. The molecule has 1 heterocycles. The van der Waals surface area contributed by atoms with E-state index in [0.717, 1.165) is 21.5 Å². The zero-order chi connectivity index (χ0) is 12.6. The van der Waals surface area contributed by atoms with E-state index in [9.17, 15) is 0 Å². The maximum atomic E-state index is 8.79. The Labute approximate surface area is 113 Å². The summed E-state index contributed by atoms with van der Waals surface area (Å²) in [4.78, 5) is 0. The van der Waals surface area contributed by atoms with Crippen molar-refractivity contribution in [3.63, 3.8) is 0 Å². The van der Waals surface area contributed by atoms with E-state index in [-0.39, 0.29) is 0 Å². The van der Waals surface area contributed by atoms with Crippen LogP contribution in [-0.4, -0.2) is 9.78 Å². The van der Waals surface area contributed by atoms with E-state index in [4.69, 9.17) is 16.9 Å². The Morgan fingerprint density at radius 3 is 2.59 bits per heavy atom. The molecule has 0 bridgehead atoms. The van der Waals surface area contributed by atoms with Gasteiger partial charge in [0.05, 0.1) is 38.2 Å². The Morgan fingerprint density at radius 1 is 1.41 bits per heavy atom. The van der Waals surface area contributed by atoms with Gasteiger partial charge in [0.25, 0.3) is 0 Å². The topological polar surface area (TPSA) is 41.6 Å². The number of benzene rings is 1. The van der Waals surface area contributed by atoms with Gasteiger partial charge in [0.15, 0.2) is 0 Å². The zero-order valence-electron chi connectivity index (χ0n) is 9.33. The molecule has 0 aliphatic rings. The van der Waals surface area contributed by atoms with E-state index in [2.05, 4.69) is 27.1 Å². The van der Waals surface area contributed by atoms with E-state index in [0.29, 0.717) is 10.6 Å². The van der Waals surface area contributed by atoms with Gasteiger partial charge in [0.2, 0.25) is 0 Å². The molecule has 0 N–H and O–H groups in total. The molecule has 0 atom stereocenters. The van der Waals surface area contributed by atoms with Crippen molar-refractivity contribution in [3.8, 4) is 11.8 Å². The van der Waals surface area contributed by atoms with Gasteiger partial charge in [0.1, 0.15) is 0 Å². The summed E-state index contributed by atoms with van der Waals surface area (Å²) in [7, 11) is 0. The molecule has 86 valence electrons. The van der Waals surface area contributed by atoms with Gasteiger partial charge >= 0.3 is 0 Å². The molecular weight excluding hydrogens is 302 g/mol. The van der Waals surface area contributed by atoms with Crippen molar-refractivity contribution >= 4 is 27.5 Å². The number of nitriles is 1. The van der Waals surface area contributed by atoms with Crippen LogP contribution in [0.15, 0.2) is 22.7 Å². The molecule has 0 spiro atoms. The van der Waals surface area contributed by atoms with Crippen molar-refractivity contribution in [2.45, 2.75) is 13.8 Å². The van der Waals surface area contributed by atoms with Crippen molar-refractivity contribution in [2.75, 3.05) is 0 Å². The number of hydrogen-bond donors (Lipinski definition) is 0. The average molecular weight is 311 g/mol. The predicted octanol–water partition coefficient (Wildman–Crippen LogP) is 3.78. The molecule has 3 nitrogen and oxygen atoms in total. The fraction of sp³-hybridized carbons (Fsp3) is 0.167. The minimum atomic E-state index is 0.516.